The number of carbonyl (C=O) groups is 2. The fraction of sp³-hybridized carbons (Fsp3) is 0.333. The van der Waals surface area contributed by atoms with Gasteiger partial charge in [-0.15, -0.1) is 0 Å². The van der Waals surface area contributed by atoms with Crippen molar-refractivity contribution in [2.24, 2.45) is 11.7 Å². The Kier molecular flexibility index (Phi) is 4.89. The summed E-state index contributed by atoms with van der Waals surface area (Å²) in [6.07, 6.45) is 4.02. The molecular weight excluding hydrogens is 332 g/mol. The first-order valence-corrected chi connectivity index (χ1v) is 8.38. The summed E-state index contributed by atoms with van der Waals surface area (Å²) >= 11 is 0. The summed E-state index contributed by atoms with van der Waals surface area (Å²) in [5, 5.41) is 19.1. The SMILES string of the molecule is CNC(=O)c1cccc(Nc2nn(C(CC#N)C3CC3)cc2C(N)=O)c1. The molecule has 1 saturated carbocycles. The molecule has 0 saturated heterocycles. The van der Waals surface area contributed by atoms with Crippen molar-refractivity contribution in [2.75, 3.05) is 12.4 Å². The molecule has 1 unspecified atom stereocenters. The van der Waals surface area contributed by atoms with Gasteiger partial charge in [0.15, 0.2) is 5.82 Å². The normalized spacial score (nSPS) is 14.3. The Balaban J connectivity index is 1.91. The minimum Gasteiger partial charge on any atom is -0.365 e. The number of aromatic nitrogens is 2. The number of benzene rings is 1. The van der Waals surface area contributed by atoms with E-state index in [1.165, 1.54) is 0 Å². The average molecular weight is 352 g/mol. The second kappa shape index (κ2) is 7.27. The number of carbonyl (C=O) groups excluding carboxylic acids is 2. The summed E-state index contributed by atoms with van der Waals surface area (Å²) in [7, 11) is 1.56. The van der Waals surface area contributed by atoms with E-state index in [-0.39, 0.29) is 17.5 Å². The van der Waals surface area contributed by atoms with Crippen LogP contribution in [-0.4, -0.2) is 28.6 Å². The van der Waals surface area contributed by atoms with E-state index in [2.05, 4.69) is 21.8 Å². The van der Waals surface area contributed by atoms with Crippen molar-refractivity contribution in [3.05, 3.63) is 41.6 Å². The number of amides is 2. The summed E-state index contributed by atoms with van der Waals surface area (Å²) in [6, 6.07) is 8.97. The van der Waals surface area contributed by atoms with Crippen LogP contribution in [0.25, 0.3) is 0 Å². The Hall–Kier alpha value is -3.34. The van der Waals surface area contributed by atoms with E-state index in [0.717, 1.165) is 12.8 Å². The van der Waals surface area contributed by atoms with Crippen molar-refractivity contribution in [3.63, 3.8) is 0 Å². The molecule has 1 fully saturated rings. The first kappa shape index (κ1) is 17.5. The zero-order valence-corrected chi connectivity index (χ0v) is 14.4. The van der Waals surface area contributed by atoms with Crippen LogP contribution in [0, 0.1) is 17.2 Å². The maximum absolute atomic E-state index is 11.8. The predicted molar refractivity (Wildman–Crippen MR) is 95.9 cm³/mol. The zero-order valence-electron chi connectivity index (χ0n) is 14.4. The van der Waals surface area contributed by atoms with Gasteiger partial charge in [-0.1, -0.05) is 6.07 Å². The molecule has 1 aromatic carbocycles. The fourth-order valence-electron chi connectivity index (χ4n) is 2.90. The van der Waals surface area contributed by atoms with Gasteiger partial charge in [-0.2, -0.15) is 10.4 Å². The molecule has 2 aromatic rings. The molecule has 0 bridgehead atoms. The standard InChI is InChI=1S/C18H20N6O2/c1-21-18(26)12-3-2-4-13(9-12)22-17-14(16(20)25)10-24(23-17)15(7-8-19)11-5-6-11/h2-4,9-11,15H,5-7H2,1H3,(H2,20,25)(H,21,26)(H,22,23). The first-order valence-electron chi connectivity index (χ1n) is 8.38. The predicted octanol–water partition coefficient (Wildman–Crippen LogP) is 1.95. The molecule has 1 atom stereocenters. The number of nitrogens with zero attached hydrogens (tertiary/aromatic N) is 3. The largest absolute Gasteiger partial charge is 0.365 e. The number of anilines is 2. The lowest BCUT2D eigenvalue weighted by Gasteiger charge is -2.12. The van der Waals surface area contributed by atoms with E-state index in [1.807, 2.05) is 0 Å². The van der Waals surface area contributed by atoms with Crippen LogP contribution in [0.5, 0.6) is 0 Å². The summed E-state index contributed by atoms with van der Waals surface area (Å²) < 4.78 is 1.66. The molecule has 1 aliphatic carbocycles. The molecule has 1 aliphatic rings. The van der Waals surface area contributed by atoms with Crippen molar-refractivity contribution >= 4 is 23.3 Å². The van der Waals surface area contributed by atoms with Crippen LogP contribution in [0.15, 0.2) is 30.5 Å². The van der Waals surface area contributed by atoms with E-state index < -0.39 is 5.91 Å². The quantitative estimate of drug-likeness (QED) is 0.702. The zero-order chi connectivity index (χ0) is 18.7. The Labute approximate surface area is 151 Å². The maximum Gasteiger partial charge on any atom is 0.254 e. The van der Waals surface area contributed by atoms with E-state index in [9.17, 15) is 9.59 Å². The van der Waals surface area contributed by atoms with Gasteiger partial charge in [-0.3, -0.25) is 14.3 Å². The van der Waals surface area contributed by atoms with Gasteiger partial charge in [0.1, 0.15) is 5.56 Å². The summed E-state index contributed by atoms with van der Waals surface area (Å²) in [5.74, 6) is -0.0975. The molecule has 134 valence electrons. The number of nitrogens with one attached hydrogen (secondary N) is 2. The smallest absolute Gasteiger partial charge is 0.254 e. The first-order chi connectivity index (χ1) is 12.5. The van der Waals surface area contributed by atoms with Gasteiger partial charge in [0.2, 0.25) is 0 Å². The Bertz CT molecular complexity index is 878. The van der Waals surface area contributed by atoms with Crippen LogP contribution < -0.4 is 16.4 Å². The molecule has 4 N–H and O–H groups in total. The van der Waals surface area contributed by atoms with Crippen molar-refractivity contribution in [2.45, 2.75) is 25.3 Å². The summed E-state index contributed by atoms with van der Waals surface area (Å²) in [4.78, 5) is 23.6. The Morgan fingerprint density at radius 1 is 1.46 bits per heavy atom. The number of hydrogen-bond acceptors (Lipinski definition) is 5. The van der Waals surface area contributed by atoms with E-state index in [1.54, 1.807) is 42.2 Å². The van der Waals surface area contributed by atoms with Gasteiger partial charge in [0, 0.05) is 24.5 Å². The summed E-state index contributed by atoms with van der Waals surface area (Å²) in [6.45, 7) is 0. The number of rotatable bonds is 7. The van der Waals surface area contributed by atoms with Crippen molar-refractivity contribution in [1.29, 1.82) is 5.26 Å². The molecule has 26 heavy (non-hydrogen) atoms. The highest BCUT2D eigenvalue weighted by Crippen LogP contribution is 2.41. The highest BCUT2D eigenvalue weighted by molar-refractivity contribution is 5.98. The average Bonchev–Trinajstić information content (AvgIpc) is 3.39. The highest BCUT2D eigenvalue weighted by atomic mass is 16.2. The van der Waals surface area contributed by atoms with Gasteiger partial charge < -0.3 is 16.4 Å². The van der Waals surface area contributed by atoms with Crippen LogP contribution in [0.4, 0.5) is 11.5 Å². The van der Waals surface area contributed by atoms with Crippen molar-refractivity contribution < 1.29 is 9.59 Å². The number of primary amides is 1. The topological polar surface area (TPSA) is 126 Å². The number of nitrogens with two attached hydrogens (primary N) is 1. The maximum atomic E-state index is 11.8. The molecule has 1 heterocycles. The minimum atomic E-state index is -0.604. The van der Waals surface area contributed by atoms with Gasteiger partial charge in [0.05, 0.1) is 18.5 Å². The second-order valence-electron chi connectivity index (χ2n) is 6.29. The van der Waals surface area contributed by atoms with Crippen LogP contribution in [-0.2, 0) is 0 Å². The molecule has 2 amide bonds. The van der Waals surface area contributed by atoms with Crippen molar-refractivity contribution in [1.82, 2.24) is 15.1 Å². The molecule has 8 heteroatoms. The lowest BCUT2D eigenvalue weighted by molar-refractivity contribution is 0.0961. The van der Waals surface area contributed by atoms with Gasteiger partial charge in [0.25, 0.3) is 11.8 Å². The third kappa shape index (κ3) is 3.67. The molecule has 0 spiro atoms. The summed E-state index contributed by atoms with van der Waals surface area (Å²) in [5.41, 5.74) is 6.83. The molecule has 0 aliphatic heterocycles. The molecule has 3 rings (SSSR count). The van der Waals surface area contributed by atoms with Crippen LogP contribution in [0.2, 0.25) is 0 Å². The monoisotopic (exact) mass is 352 g/mol. The van der Waals surface area contributed by atoms with Crippen LogP contribution in [0.3, 0.4) is 0 Å². The van der Waals surface area contributed by atoms with Crippen LogP contribution >= 0.6 is 0 Å². The van der Waals surface area contributed by atoms with Crippen LogP contribution in [0.1, 0.15) is 46.0 Å². The lowest BCUT2D eigenvalue weighted by atomic mass is 10.1. The molecule has 8 nitrogen and oxygen atoms in total. The highest BCUT2D eigenvalue weighted by Gasteiger charge is 2.33. The fourth-order valence-corrected chi connectivity index (χ4v) is 2.90. The lowest BCUT2D eigenvalue weighted by Crippen LogP contribution is -2.17. The second-order valence-corrected chi connectivity index (χ2v) is 6.29. The van der Waals surface area contributed by atoms with E-state index in [4.69, 9.17) is 11.0 Å². The number of nitriles is 1. The minimum absolute atomic E-state index is 0.0640. The van der Waals surface area contributed by atoms with Crippen molar-refractivity contribution in [3.8, 4) is 6.07 Å². The van der Waals surface area contributed by atoms with E-state index in [0.29, 0.717) is 29.4 Å². The van der Waals surface area contributed by atoms with E-state index >= 15 is 0 Å². The molecule has 0 radical (unpaired) electrons. The molecule has 1 aromatic heterocycles. The third-order valence-electron chi connectivity index (χ3n) is 4.42. The van der Waals surface area contributed by atoms with Gasteiger partial charge in [-0.05, 0) is 37.0 Å². The van der Waals surface area contributed by atoms with Gasteiger partial charge >= 0.3 is 0 Å². The number of hydrogen-bond donors (Lipinski definition) is 3. The Morgan fingerprint density at radius 3 is 2.85 bits per heavy atom. The third-order valence-corrected chi connectivity index (χ3v) is 4.42. The van der Waals surface area contributed by atoms with Gasteiger partial charge in [-0.25, -0.2) is 0 Å². The molecular formula is C18H20N6O2. The Morgan fingerprint density at radius 2 is 2.23 bits per heavy atom.